The lowest BCUT2D eigenvalue weighted by molar-refractivity contribution is -0.124. The van der Waals surface area contributed by atoms with Crippen molar-refractivity contribution in [1.82, 2.24) is 14.7 Å². The molecule has 2 aliphatic heterocycles. The van der Waals surface area contributed by atoms with Crippen LogP contribution in [0.2, 0.25) is 0 Å². The van der Waals surface area contributed by atoms with Gasteiger partial charge in [0.1, 0.15) is 0 Å². The number of rotatable bonds is 4. The third kappa shape index (κ3) is 3.98. The van der Waals surface area contributed by atoms with Gasteiger partial charge in [-0.1, -0.05) is 80.6 Å². The van der Waals surface area contributed by atoms with Gasteiger partial charge in [0.2, 0.25) is 5.91 Å². The van der Waals surface area contributed by atoms with Gasteiger partial charge in [0, 0.05) is 25.2 Å². The van der Waals surface area contributed by atoms with E-state index in [0.717, 1.165) is 0 Å². The van der Waals surface area contributed by atoms with E-state index in [1.165, 1.54) is 16.7 Å². The highest BCUT2D eigenvalue weighted by Crippen LogP contribution is 2.49. The molecule has 4 heteroatoms. The SMILES string of the molecule is CC(=O)N1C=C[C@@H](C(C)C)C(C2N(C)[C@@H](c3ccccc3)[C@H](c3ccccc3)N2C)=C1. The molecule has 31 heavy (non-hydrogen) atoms. The molecule has 2 aromatic carbocycles. The molecule has 0 bridgehead atoms. The maximum absolute atomic E-state index is 12.2. The Bertz CT molecular complexity index is 915. The van der Waals surface area contributed by atoms with Crippen LogP contribution in [0, 0.1) is 11.8 Å². The van der Waals surface area contributed by atoms with Crippen LogP contribution in [0.25, 0.3) is 0 Å². The summed E-state index contributed by atoms with van der Waals surface area (Å²) in [5, 5.41) is 0. The molecule has 0 aromatic heterocycles. The lowest BCUT2D eigenvalue weighted by Crippen LogP contribution is -2.41. The smallest absolute Gasteiger partial charge is 0.227 e. The fourth-order valence-electron chi connectivity index (χ4n) is 5.27. The Kier molecular flexibility index (Phi) is 6.12. The van der Waals surface area contributed by atoms with Crippen LogP contribution >= 0.6 is 0 Å². The highest BCUT2D eigenvalue weighted by Gasteiger charge is 2.47. The van der Waals surface area contributed by atoms with Crippen LogP contribution in [-0.4, -0.2) is 40.9 Å². The first-order valence-corrected chi connectivity index (χ1v) is 11.1. The first-order chi connectivity index (χ1) is 14.9. The van der Waals surface area contributed by atoms with E-state index < -0.39 is 0 Å². The highest BCUT2D eigenvalue weighted by molar-refractivity contribution is 5.76. The minimum Gasteiger partial charge on any atom is -0.295 e. The van der Waals surface area contributed by atoms with Crippen LogP contribution < -0.4 is 0 Å². The van der Waals surface area contributed by atoms with Gasteiger partial charge in [-0.25, -0.2) is 0 Å². The maximum Gasteiger partial charge on any atom is 0.227 e. The van der Waals surface area contributed by atoms with Crippen LogP contribution in [0.15, 0.2) is 84.7 Å². The van der Waals surface area contributed by atoms with Crippen molar-refractivity contribution < 1.29 is 4.79 Å². The Hall–Kier alpha value is -2.69. The zero-order chi connectivity index (χ0) is 22.1. The summed E-state index contributed by atoms with van der Waals surface area (Å²) in [7, 11) is 4.44. The molecule has 0 unspecified atom stereocenters. The van der Waals surface area contributed by atoms with E-state index in [0.29, 0.717) is 5.92 Å². The lowest BCUT2D eigenvalue weighted by atomic mass is 9.85. The Morgan fingerprint density at radius 2 is 1.32 bits per heavy atom. The summed E-state index contributed by atoms with van der Waals surface area (Å²) in [6, 6.07) is 22.0. The number of benzene rings is 2. The number of nitrogens with zero attached hydrogens (tertiary/aromatic N) is 3. The van der Waals surface area contributed by atoms with Crippen molar-refractivity contribution in [3.8, 4) is 0 Å². The van der Waals surface area contributed by atoms with Gasteiger partial charge in [-0.05, 0) is 36.7 Å². The zero-order valence-electron chi connectivity index (χ0n) is 19.1. The van der Waals surface area contributed by atoms with Crippen molar-refractivity contribution in [3.05, 3.63) is 95.8 Å². The van der Waals surface area contributed by atoms with Gasteiger partial charge in [0.15, 0.2) is 0 Å². The number of allylic oxidation sites excluding steroid dienone is 1. The number of hydrogen-bond donors (Lipinski definition) is 0. The average Bonchev–Trinajstić information content (AvgIpc) is 3.04. The van der Waals surface area contributed by atoms with E-state index in [4.69, 9.17) is 0 Å². The molecule has 0 N–H and O–H groups in total. The van der Waals surface area contributed by atoms with Gasteiger partial charge in [0.25, 0.3) is 0 Å². The zero-order valence-corrected chi connectivity index (χ0v) is 19.1. The van der Waals surface area contributed by atoms with E-state index in [-0.39, 0.29) is 30.1 Å². The minimum absolute atomic E-state index is 0.0403. The van der Waals surface area contributed by atoms with Gasteiger partial charge in [-0.3, -0.25) is 19.5 Å². The molecule has 1 amide bonds. The van der Waals surface area contributed by atoms with Crippen LogP contribution in [0.3, 0.4) is 0 Å². The molecular weight excluding hydrogens is 382 g/mol. The Labute approximate surface area is 186 Å². The lowest BCUT2D eigenvalue weighted by Gasteiger charge is -2.37. The molecule has 1 saturated heterocycles. The molecule has 4 nitrogen and oxygen atoms in total. The molecule has 0 spiro atoms. The number of hydrogen-bond acceptors (Lipinski definition) is 3. The summed E-state index contributed by atoms with van der Waals surface area (Å²) in [6.45, 7) is 6.13. The second-order valence-electron chi connectivity index (χ2n) is 9.08. The number of carbonyl (C=O) groups is 1. The van der Waals surface area contributed by atoms with Crippen LogP contribution in [0.5, 0.6) is 0 Å². The minimum atomic E-state index is 0.0403. The standard InChI is InChI=1S/C27H33N3O/c1-19(2)23-16-17-30(20(3)31)18-24(23)27-28(4)25(21-12-8-6-9-13-21)26(29(27)5)22-14-10-7-11-15-22/h6-19,23,25-27H,1-5H3/t23-,25-,26-/m0/s1. The molecule has 0 radical (unpaired) electrons. The van der Waals surface area contributed by atoms with Crippen molar-refractivity contribution >= 4 is 5.91 Å². The molecule has 3 atom stereocenters. The number of likely N-dealkylation sites (N-methyl/N-ethyl adjacent to an activating group) is 2. The third-order valence-electron chi connectivity index (χ3n) is 6.74. The second kappa shape index (κ2) is 8.81. The van der Waals surface area contributed by atoms with Crippen molar-refractivity contribution in [2.45, 2.75) is 39.0 Å². The maximum atomic E-state index is 12.2. The molecule has 162 valence electrons. The molecule has 2 aromatic rings. The van der Waals surface area contributed by atoms with E-state index in [2.05, 4.69) is 111 Å². The van der Waals surface area contributed by atoms with Crippen LogP contribution in [-0.2, 0) is 4.79 Å². The predicted octanol–water partition coefficient (Wildman–Crippen LogP) is 5.20. The van der Waals surface area contributed by atoms with Crippen LogP contribution in [0.1, 0.15) is 44.0 Å². The van der Waals surface area contributed by atoms with Crippen molar-refractivity contribution in [3.63, 3.8) is 0 Å². The van der Waals surface area contributed by atoms with Gasteiger partial charge >= 0.3 is 0 Å². The van der Waals surface area contributed by atoms with E-state index >= 15 is 0 Å². The largest absolute Gasteiger partial charge is 0.295 e. The second-order valence-corrected chi connectivity index (χ2v) is 9.08. The molecule has 0 aliphatic carbocycles. The summed E-state index contributed by atoms with van der Waals surface area (Å²) in [5.74, 6) is 0.777. The van der Waals surface area contributed by atoms with Crippen molar-refractivity contribution in [1.29, 1.82) is 0 Å². The molecule has 4 rings (SSSR count). The van der Waals surface area contributed by atoms with E-state index in [1.54, 1.807) is 11.8 Å². The fourth-order valence-corrected chi connectivity index (χ4v) is 5.27. The summed E-state index contributed by atoms with van der Waals surface area (Å²) in [5.41, 5.74) is 3.89. The number of amides is 1. The summed E-state index contributed by atoms with van der Waals surface area (Å²) < 4.78 is 0. The van der Waals surface area contributed by atoms with Crippen molar-refractivity contribution in [2.75, 3.05) is 14.1 Å². The monoisotopic (exact) mass is 415 g/mol. The quantitative estimate of drug-likeness (QED) is 0.686. The predicted molar refractivity (Wildman–Crippen MR) is 126 cm³/mol. The molecule has 2 heterocycles. The Morgan fingerprint density at radius 1 is 0.839 bits per heavy atom. The van der Waals surface area contributed by atoms with Gasteiger partial charge < -0.3 is 0 Å². The van der Waals surface area contributed by atoms with Crippen molar-refractivity contribution in [2.24, 2.45) is 11.8 Å². The Morgan fingerprint density at radius 3 is 1.74 bits per heavy atom. The van der Waals surface area contributed by atoms with Gasteiger partial charge in [-0.2, -0.15) is 0 Å². The molecular formula is C27H33N3O. The summed E-state index contributed by atoms with van der Waals surface area (Å²) in [4.78, 5) is 18.9. The van der Waals surface area contributed by atoms with E-state index in [9.17, 15) is 4.79 Å². The average molecular weight is 416 g/mol. The summed E-state index contributed by atoms with van der Waals surface area (Å²) in [6.07, 6.45) is 6.28. The van der Waals surface area contributed by atoms with E-state index in [1.807, 2.05) is 6.20 Å². The summed E-state index contributed by atoms with van der Waals surface area (Å²) >= 11 is 0. The first kappa shape index (κ1) is 21.5. The first-order valence-electron chi connectivity index (χ1n) is 11.1. The normalized spacial score (nSPS) is 25.3. The van der Waals surface area contributed by atoms with Gasteiger partial charge in [-0.15, -0.1) is 0 Å². The topological polar surface area (TPSA) is 26.8 Å². The molecule has 0 saturated carbocycles. The third-order valence-corrected chi connectivity index (χ3v) is 6.74. The highest BCUT2D eigenvalue weighted by atomic mass is 16.2. The molecule has 2 aliphatic rings. The number of carbonyl (C=O) groups excluding carboxylic acids is 1. The fraction of sp³-hybridized carbons (Fsp3) is 0.370. The Balaban J connectivity index is 1.82. The van der Waals surface area contributed by atoms with Gasteiger partial charge in [0.05, 0.1) is 18.2 Å². The molecule has 1 fully saturated rings. The van der Waals surface area contributed by atoms with Crippen LogP contribution in [0.4, 0.5) is 0 Å².